The van der Waals surface area contributed by atoms with E-state index in [0.717, 1.165) is 40.2 Å². The van der Waals surface area contributed by atoms with Crippen LogP contribution < -0.4 is 0 Å². The van der Waals surface area contributed by atoms with Crippen LogP contribution in [-0.4, -0.2) is 70.4 Å². The van der Waals surface area contributed by atoms with Crippen LogP contribution in [0.3, 0.4) is 0 Å². The van der Waals surface area contributed by atoms with Crippen molar-refractivity contribution in [1.82, 2.24) is 0 Å². The summed E-state index contributed by atoms with van der Waals surface area (Å²) in [6, 6.07) is 0. The number of ketones is 4. The van der Waals surface area contributed by atoms with Gasteiger partial charge in [0, 0.05) is 62.8 Å². The zero-order chi connectivity index (χ0) is 38.7. The van der Waals surface area contributed by atoms with Gasteiger partial charge in [-0.05, 0) is 65.5 Å². The molecule has 14 nitrogen and oxygen atoms in total. The summed E-state index contributed by atoms with van der Waals surface area (Å²) < 4.78 is 32.6. The zero-order valence-corrected chi connectivity index (χ0v) is 30.4. The van der Waals surface area contributed by atoms with E-state index in [4.69, 9.17) is 28.4 Å². The second-order valence-electron chi connectivity index (χ2n) is 13.3. The Balaban J connectivity index is 1.93. The summed E-state index contributed by atoms with van der Waals surface area (Å²) in [5, 5.41) is 0. The molecular formula is C38H42O14. The minimum atomic E-state index is -2.44. The molecule has 4 rings (SSSR count). The lowest BCUT2D eigenvalue weighted by atomic mass is 9.67. The molecule has 52 heavy (non-hydrogen) atoms. The molecule has 0 bridgehead atoms. The van der Waals surface area contributed by atoms with Crippen LogP contribution in [0.1, 0.15) is 93.9 Å². The van der Waals surface area contributed by atoms with Crippen molar-refractivity contribution in [2.75, 3.05) is 0 Å². The van der Waals surface area contributed by atoms with Crippen molar-refractivity contribution in [3.05, 3.63) is 69.6 Å². The largest absolute Gasteiger partial charge is 0.469 e. The van der Waals surface area contributed by atoms with Gasteiger partial charge >= 0.3 is 23.9 Å². The van der Waals surface area contributed by atoms with Crippen LogP contribution >= 0.6 is 0 Å². The normalized spacial score (nSPS) is 23.8. The molecule has 0 saturated carbocycles. The third kappa shape index (κ3) is 8.05. The maximum Gasteiger partial charge on any atom is 0.304 e. The van der Waals surface area contributed by atoms with Gasteiger partial charge in [0.15, 0.2) is 0 Å². The van der Waals surface area contributed by atoms with Gasteiger partial charge < -0.3 is 28.4 Å². The van der Waals surface area contributed by atoms with Gasteiger partial charge in [0.05, 0.1) is 23.4 Å². The average Bonchev–Trinajstić information content (AvgIpc) is 3.03. The van der Waals surface area contributed by atoms with Crippen LogP contribution in [0.2, 0.25) is 0 Å². The van der Waals surface area contributed by atoms with Gasteiger partial charge in [-0.1, -0.05) is 0 Å². The first-order chi connectivity index (χ1) is 24.3. The number of fused-ring (bicyclic) bond motifs is 2. The number of carbonyl (C=O) groups excluding carboxylic acids is 8. The Kier molecular flexibility index (Phi) is 11.7. The first-order valence-corrected chi connectivity index (χ1v) is 16.9. The van der Waals surface area contributed by atoms with E-state index >= 15 is 0 Å². The van der Waals surface area contributed by atoms with Gasteiger partial charge in [-0.2, -0.15) is 0 Å². The molecule has 0 N–H and O–H groups in total. The van der Waals surface area contributed by atoms with Crippen molar-refractivity contribution in [1.29, 1.82) is 0 Å². The van der Waals surface area contributed by atoms with Crippen molar-refractivity contribution in [2.45, 2.75) is 117 Å². The summed E-state index contributed by atoms with van der Waals surface area (Å²) in [5.74, 6) is -6.07. The predicted octanol–water partition coefficient (Wildman–Crippen LogP) is 4.37. The molecule has 0 aromatic heterocycles. The molecule has 14 heteroatoms. The summed E-state index contributed by atoms with van der Waals surface area (Å²) in [7, 11) is 0. The molecule has 2 heterocycles. The summed E-state index contributed by atoms with van der Waals surface area (Å²) in [5.41, 5.74) is -6.01. The summed E-state index contributed by atoms with van der Waals surface area (Å²) in [4.78, 5) is 104. The number of carbonyl (C=O) groups is 8. The summed E-state index contributed by atoms with van der Waals surface area (Å²) >= 11 is 0. The Morgan fingerprint density at radius 2 is 0.942 bits per heavy atom. The van der Waals surface area contributed by atoms with Crippen LogP contribution in [0.5, 0.6) is 0 Å². The second-order valence-corrected chi connectivity index (χ2v) is 13.3. The molecule has 2 aliphatic carbocycles. The predicted molar refractivity (Wildman–Crippen MR) is 179 cm³/mol. The topological polar surface area (TPSA) is 192 Å². The molecule has 0 aromatic rings. The molecule has 0 radical (unpaired) electrons. The highest BCUT2D eigenvalue weighted by Gasteiger charge is 2.59. The molecule has 4 aliphatic rings. The van der Waals surface area contributed by atoms with Gasteiger partial charge in [-0.3, -0.25) is 38.4 Å². The Morgan fingerprint density at radius 3 is 1.25 bits per heavy atom. The number of hydrogen-bond acceptors (Lipinski definition) is 14. The Bertz CT molecular complexity index is 1700. The number of Topliss-reactive ketones (excluding diaryl/α,β-unsaturated/α-hetero) is 4. The monoisotopic (exact) mass is 722 g/mol. The number of rotatable bonds is 13. The second kappa shape index (κ2) is 15.5. The minimum absolute atomic E-state index is 0.0275. The molecule has 0 spiro atoms. The number of ether oxygens (including phenoxy) is 6. The van der Waals surface area contributed by atoms with Gasteiger partial charge in [-0.15, -0.1) is 0 Å². The third-order valence-corrected chi connectivity index (χ3v) is 8.81. The Labute approximate surface area is 300 Å². The van der Waals surface area contributed by atoms with E-state index in [2.05, 4.69) is 0 Å². The van der Waals surface area contributed by atoms with Crippen molar-refractivity contribution in [2.24, 2.45) is 0 Å². The molecule has 0 unspecified atom stereocenters. The number of hydrogen-bond donors (Lipinski definition) is 0. The maximum absolute atomic E-state index is 14.6. The lowest BCUT2D eigenvalue weighted by molar-refractivity contribution is -0.168. The van der Waals surface area contributed by atoms with E-state index in [1.807, 2.05) is 0 Å². The highest BCUT2D eigenvalue weighted by Crippen LogP contribution is 2.46. The maximum atomic E-state index is 14.6. The zero-order valence-electron chi connectivity index (χ0n) is 30.4. The van der Waals surface area contributed by atoms with Crippen LogP contribution in [0.4, 0.5) is 0 Å². The van der Waals surface area contributed by atoms with Crippen molar-refractivity contribution >= 4 is 47.0 Å². The highest BCUT2D eigenvalue weighted by atomic mass is 16.6. The van der Waals surface area contributed by atoms with E-state index in [1.165, 1.54) is 26.0 Å². The first-order valence-electron chi connectivity index (χ1n) is 16.9. The van der Waals surface area contributed by atoms with E-state index in [1.54, 1.807) is 13.8 Å². The van der Waals surface area contributed by atoms with Gasteiger partial charge in [-0.25, -0.2) is 0 Å². The molecule has 0 saturated heterocycles. The van der Waals surface area contributed by atoms with E-state index < -0.39 is 70.4 Å². The van der Waals surface area contributed by atoms with Crippen LogP contribution in [-0.2, 0) is 66.8 Å². The molecule has 0 fully saturated rings. The van der Waals surface area contributed by atoms with Gasteiger partial charge in [0.1, 0.15) is 24.0 Å². The quantitative estimate of drug-likeness (QED) is 0.148. The highest BCUT2D eigenvalue weighted by molar-refractivity contribution is 6.37. The molecular weight excluding hydrogens is 680 g/mol. The molecule has 0 aromatic carbocycles. The average molecular weight is 723 g/mol. The summed E-state index contributed by atoms with van der Waals surface area (Å²) in [6.45, 7) is 10.3. The fourth-order valence-corrected chi connectivity index (χ4v) is 6.48. The van der Waals surface area contributed by atoms with E-state index in [-0.39, 0.29) is 46.3 Å². The number of allylic oxidation sites excluding steroid dienone is 6. The molecule has 4 atom stereocenters. The molecule has 0 amide bonds. The summed E-state index contributed by atoms with van der Waals surface area (Å²) in [6.07, 6.45) is 6.69. The van der Waals surface area contributed by atoms with Gasteiger partial charge in [0.2, 0.25) is 34.3 Å². The van der Waals surface area contributed by atoms with Crippen LogP contribution in [0, 0.1) is 0 Å². The fraction of sp³-hybridized carbons (Fsp3) is 0.474. The van der Waals surface area contributed by atoms with Crippen LogP contribution in [0.15, 0.2) is 69.6 Å². The smallest absolute Gasteiger partial charge is 0.304 e. The Hall–Kier alpha value is -5.40. The molecule has 278 valence electrons. The van der Waals surface area contributed by atoms with Crippen molar-refractivity contribution in [3.8, 4) is 0 Å². The lowest BCUT2D eigenvalue weighted by Gasteiger charge is -2.39. The Morgan fingerprint density at radius 1 is 0.596 bits per heavy atom. The third-order valence-electron chi connectivity index (χ3n) is 8.81. The van der Waals surface area contributed by atoms with Crippen molar-refractivity contribution in [3.63, 3.8) is 0 Å². The van der Waals surface area contributed by atoms with E-state index in [0.29, 0.717) is 37.2 Å². The van der Waals surface area contributed by atoms with Gasteiger partial charge in [0.25, 0.3) is 0 Å². The van der Waals surface area contributed by atoms with E-state index in [9.17, 15) is 38.4 Å². The van der Waals surface area contributed by atoms with Crippen molar-refractivity contribution < 1.29 is 66.8 Å². The fourth-order valence-electron chi connectivity index (χ4n) is 6.48. The lowest BCUT2D eigenvalue weighted by Crippen LogP contribution is -2.56. The first kappa shape index (κ1) is 39.4. The number of esters is 4. The van der Waals surface area contributed by atoms with Crippen LogP contribution in [0.25, 0.3) is 0 Å². The SMILES string of the molecule is CC(=O)O[C@@H](C)CCCC1=CC2=C(C3=C4C=C(CCC[C@H](C)OC(C)=O)OC=C4C(=O)[C@@](C)(OC(C)=O)C3=O)C(=O)[C@](C)(OC(C)=O)C(=O)C2=CO1. The minimum Gasteiger partial charge on any atom is -0.469 e. The molecule has 2 aliphatic heterocycles. The standard InChI is InChI=1S/C38H42O14/c1-19(49-21(3)39)11-9-13-25-15-27-29(17-47-25)33(43)37(7,51-23(5)41)35(45)31(27)32-28-16-26(14-10-12-20(2)50-22(4)40)48-18-30(28)34(44)38(8,36(32)46)52-24(6)42/h15-20H,9-14H2,1-8H3/t19-,20-,37+,38+/m0/s1.